The van der Waals surface area contributed by atoms with Gasteiger partial charge in [-0.3, -0.25) is 4.68 Å². The van der Waals surface area contributed by atoms with Gasteiger partial charge in [0, 0.05) is 19.3 Å². The summed E-state index contributed by atoms with van der Waals surface area (Å²) in [6.07, 6.45) is 3.70. The van der Waals surface area contributed by atoms with E-state index in [0.29, 0.717) is 5.92 Å². The van der Waals surface area contributed by atoms with Crippen molar-refractivity contribution in [2.24, 2.45) is 13.0 Å². The zero-order valence-electron chi connectivity index (χ0n) is 10.5. The molecule has 2 heterocycles. The first-order valence-corrected chi connectivity index (χ1v) is 7.19. The van der Waals surface area contributed by atoms with Crippen molar-refractivity contribution in [3.63, 3.8) is 0 Å². The summed E-state index contributed by atoms with van der Waals surface area (Å²) in [6, 6.07) is 0.00135. The van der Waals surface area contributed by atoms with Gasteiger partial charge >= 0.3 is 0 Å². The van der Waals surface area contributed by atoms with Crippen molar-refractivity contribution in [2.75, 3.05) is 13.1 Å². The SMILES string of the molecule is CC1CNCCC1NS(=O)(=O)c1cnn(C)c1.Cl. The highest BCUT2D eigenvalue weighted by atomic mass is 35.5. The largest absolute Gasteiger partial charge is 0.316 e. The molecule has 6 nitrogen and oxygen atoms in total. The Labute approximate surface area is 114 Å². The monoisotopic (exact) mass is 294 g/mol. The standard InChI is InChI=1S/C10H18N4O2S.ClH/c1-8-5-11-4-3-10(8)13-17(15,16)9-6-12-14(2)7-9;/h6-8,10-11,13H,3-5H2,1-2H3;1H. The van der Waals surface area contributed by atoms with Crippen LogP contribution in [0.1, 0.15) is 13.3 Å². The van der Waals surface area contributed by atoms with E-state index in [9.17, 15) is 8.42 Å². The molecule has 1 aromatic rings. The number of aryl methyl sites for hydroxylation is 1. The van der Waals surface area contributed by atoms with Gasteiger partial charge in [-0.05, 0) is 25.4 Å². The number of hydrogen-bond donors (Lipinski definition) is 2. The van der Waals surface area contributed by atoms with Crippen LogP contribution >= 0.6 is 12.4 Å². The number of rotatable bonds is 3. The molecule has 0 radical (unpaired) electrons. The van der Waals surface area contributed by atoms with Crippen LogP contribution < -0.4 is 10.0 Å². The number of piperidine rings is 1. The Hall–Kier alpha value is -0.630. The minimum absolute atomic E-state index is 0. The average molecular weight is 295 g/mol. The van der Waals surface area contributed by atoms with E-state index in [4.69, 9.17) is 0 Å². The number of aromatic nitrogens is 2. The molecular formula is C10H19ClN4O2S. The molecule has 1 aliphatic rings. The Kier molecular flexibility index (Phi) is 5.15. The fourth-order valence-corrected chi connectivity index (χ4v) is 3.36. The molecule has 0 saturated carbocycles. The van der Waals surface area contributed by atoms with E-state index >= 15 is 0 Å². The molecule has 8 heteroatoms. The zero-order valence-corrected chi connectivity index (χ0v) is 12.1. The Morgan fingerprint density at radius 1 is 1.56 bits per heavy atom. The number of hydrogen-bond acceptors (Lipinski definition) is 4. The molecule has 2 rings (SSSR count). The molecule has 18 heavy (non-hydrogen) atoms. The lowest BCUT2D eigenvalue weighted by Gasteiger charge is -2.29. The Bertz CT molecular complexity index is 488. The molecule has 2 atom stereocenters. The van der Waals surface area contributed by atoms with Gasteiger partial charge < -0.3 is 5.32 Å². The molecule has 1 saturated heterocycles. The van der Waals surface area contributed by atoms with Crippen LogP contribution in [-0.2, 0) is 17.1 Å². The third-order valence-electron chi connectivity index (χ3n) is 3.08. The van der Waals surface area contributed by atoms with Crippen molar-refractivity contribution in [3.05, 3.63) is 12.4 Å². The number of sulfonamides is 1. The number of nitrogens with zero attached hydrogens (tertiary/aromatic N) is 2. The molecule has 0 bridgehead atoms. The Morgan fingerprint density at radius 2 is 2.28 bits per heavy atom. The normalized spacial score (nSPS) is 24.6. The average Bonchev–Trinajstić information content (AvgIpc) is 2.69. The maximum Gasteiger partial charge on any atom is 0.243 e. The number of halogens is 1. The van der Waals surface area contributed by atoms with Gasteiger partial charge in [-0.15, -0.1) is 12.4 Å². The molecule has 0 aromatic carbocycles. The van der Waals surface area contributed by atoms with Gasteiger partial charge in [-0.25, -0.2) is 13.1 Å². The van der Waals surface area contributed by atoms with E-state index in [1.807, 2.05) is 6.92 Å². The van der Waals surface area contributed by atoms with Crippen LogP contribution in [0.5, 0.6) is 0 Å². The first-order valence-electron chi connectivity index (χ1n) is 5.71. The maximum absolute atomic E-state index is 12.1. The number of nitrogens with one attached hydrogen (secondary N) is 2. The highest BCUT2D eigenvalue weighted by Gasteiger charge is 2.27. The van der Waals surface area contributed by atoms with Gasteiger partial charge in [0.05, 0.1) is 6.20 Å². The van der Waals surface area contributed by atoms with Crippen LogP contribution in [0.25, 0.3) is 0 Å². The first kappa shape index (κ1) is 15.4. The molecule has 0 spiro atoms. The van der Waals surface area contributed by atoms with Crippen LogP contribution in [0.2, 0.25) is 0 Å². The lowest BCUT2D eigenvalue weighted by molar-refractivity contribution is 0.328. The van der Waals surface area contributed by atoms with E-state index in [1.165, 1.54) is 17.1 Å². The van der Waals surface area contributed by atoms with Crippen LogP contribution in [0.4, 0.5) is 0 Å². The first-order chi connectivity index (χ1) is 7.99. The summed E-state index contributed by atoms with van der Waals surface area (Å²) in [5.74, 6) is 0.301. The molecule has 2 N–H and O–H groups in total. The van der Waals surface area contributed by atoms with Gasteiger partial charge in [-0.2, -0.15) is 5.10 Å². The highest BCUT2D eigenvalue weighted by molar-refractivity contribution is 7.89. The maximum atomic E-state index is 12.1. The Balaban J connectivity index is 0.00000162. The van der Waals surface area contributed by atoms with Crippen LogP contribution in [0.15, 0.2) is 17.3 Å². The molecule has 1 aromatic heterocycles. The molecule has 1 fully saturated rings. The fourth-order valence-electron chi connectivity index (χ4n) is 1.99. The van der Waals surface area contributed by atoms with E-state index in [0.717, 1.165) is 19.5 Å². The van der Waals surface area contributed by atoms with Crippen molar-refractivity contribution < 1.29 is 8.42 Å². The van der Waals surface area contributed by atoms with Gasteiger partial charge in [0.2, 0.25) is 10.0 Å². The zero-order chi connectivity index (χ0) is 12.5. The Morgan fingerprint density at radius 3 is 2.83 bits per heavy atom. The second-order valence-corrected chi connectivity index (χ2v) is 6.26. The van der Waals surface area contributed by atoms with Crippen molar-refractivity contribution >= 4 is 22.4 Å². The second kappa shape index (κ2) is 6.01. The molecule has 1 aliphatic heterocycles. The third-order valence-corrected chi connectivity index (χ3v) is 4.53. The summed E-state index contributed by atoms with van der Waals surface area (Å²) in [5.41, 5.74) is 0. The summed E-state index contributed by atoms with van der Waals surface area (Å²) >= 11 is 0. The summed E-state index contributed by atoms with van der Waals surface area (Å²) < 4.78 is 28.4. The summed E-state index contributed by atoms with van der Waals surface area (Å²) in [6.45, 7) is 3.74. The van der Waals surface area contributed by atoms with Crippen LogP contribution in [0.3, 0.4) is 0 Å². The van der Waals surface area contributed by atoms with Crippen LogP contribution in [-0.4, -0.2) is 37.3 Å². The molecule has 0 aliphatic carbocycles. The predicted octanol–water partition coefficient (Wildman–Crippen LogP) is 0.118. The van der Waals surface area contributed by atoms with E-state index < -0.39 is 10.0 Å². The van der Waals surface area contributed by atoms with E-state index in [2.05, 4.69) is 15.1 Å². The lowest BCUT2D eigenvalue weighted by Crippen LogP contribution is -2.48. The van der Waals surface area contributed by atoms with Crippen LogP contribution in [0, 0.1) is 5.92 Å². The fraction of sp³-hybridized carbons (Fsp3) is 0.700. The van der Waals surface area contributed by atoms with Gasteiger partial charge in [0.15, 0.2) is 0 Å². The summed E-state index contributed by atoms with van der Waals surface area (Å²) in [4.78, 5) is 0.228. The van der Waals surface area contributed by atoms with Crippen molar-refractivity contribution in [1.29, 1.82) is 0 Å². The van der Waals surface area contributed by atoms with E-state index in [1.54, 1.807) is 7.05 Å². The van der Waals surface area contributed by atoms with E-state index in [-0.39, 0.29) is 23.3 Å². The second-order valence-electron chi connectivity index (χ2n) is 4.55. The van der Waals surface area contributed by atoms with Gasteiger partial charge in [-0.1, -0.05) is 6.92 Å². The van der Waals surface area contributed by atoms with Crippen molar-refractivity contribution in [1.82, 2.24) is 19.8 Å². The molecule has 104 valence electrons. The van der Waals surface area contributed by atoms with Crippen molar-refractivity contribution in [3.8, 4) is 0 Å². The topological polar surface area (TPSA) is 76.0 Å². The van der Waals surface area contributed by atoms with Gasteiger partial charge in [0.25, 0.3) is 0 Å². The van der Waals surface area contributed by atoms with Gasteiger partial charge in [0.1, 0.15) is 4.90 Å². The minimum Gasteiger partial charge on any atom is -0.316 e. The molecule has 0 amide bonds. The lowest BCUT2D eigenvalue weighted by atomic mass is 9.97. The molecule has 2 unspecified atom stereocenters. The summed E-state index contributed by atoms with van der Waals surface area (Å²) in [7, 11) is -1.73. The highest BCUT2D eigenvalue weighted by Crippen LogP contribution is 2.14. The third kappa shape index (κ3) is 3.44. The quantitative estimate of drug-likeness (QED) is 0.830. The molecular weight excluding hydrogens is 276 g/mol. The smallest absolute Gasteiger partial charge is 0.243 e. The predicted molar refractivity (Wildman–Crippen MR) is 71.2 cm³/mol. The van der Waals surface area contributed by atoms with Crippen molar-refractivity contribution in [2.45, 2.75) is 24.3 Å². The summed E-state index contributed by atoms with van der Waals surface area (Å²) in [5, 5.41) is 7.12. The minimum atomic E-state index is -3.43.